The normalized spacial score (nSPS) is 48.0. The third-order valence-electron chi connectivity index (χ3n) is 11.5. The molecule has 0 aromatic rings. The highest BCUT2D eigenvalue weighted by molar-refractivity contribution is 5.11. The Kier molecular flexibility index (Phi) is 7.04. The third kappa shape index (κ3) is 4.20. The summed E-state index contributed by atoms with van der Waals surface area (Å²) in [5.74, 6) is 6.93. The molecule has 0 amide bonds. The van der Waals surface area contributed by atoms with Crippen molar-refractivity contribution in [1.82, 2.24) is 0 Å². The second kappa shape index (κ2) is 9.15. The minimum Gasteiger partial charge on any atom is -0.393 e. The van der Waals surface area contributed by atoms with Crippen LogP contribution in [-0.2, 0) is 0 Å². The summed E-state index contributed by atoms with van der Waals surface area (Å²) in [7, 11) is 0. The maximum absolute atomic E-state index is 10.5. The van der Waals surface area contributed by atoms with Gasteiger partial charge in [-0.25, -0.2) is 0 Å². The molecule has 0 saturated heterocycles. The van der Waals surface area contributed by atoms with Crippen LogP contribution in [0.1, 0.15) is 112 Å². The summed E-state index contributed by atoms with van der Waals surface area (Å²) in [6.07, 6.45) is 18.2. The molecule has 4 aliphatic rings. The first kappa shape index (κ1) is 23.8. The van der Waals surface area contributed by atoms with Gasteiger partial charge in [-0.3, -0.25) is 0 Å². The first-order chi connectivity index (χ1) is 14.7. The molecule has 178 valence electrons. The number of aliphatic hydroxyl groups is 1. The van der Waals surface area contributed by atoms with Crippen molar-refractivity contribution in [2.45, 2.75) is 118 Å². The smallest absolute Gasteiger partial charge is 0.0543 e. The van der Waals surface area contributed by atoms with E-state index in [2.05, 4.69) is 47.3 Å². The van der Waals surface area contributed by atoms with Crippen molar-refractivity contribution in [3.63, 3.8) is 0 Å². The van der Waals surface area contributed by atoms with Crippen LogP contribution in [0.15, 0.2) is 12.7 Å². The third-order valence-corrected chi connectivity index (χ3v) is 11.5. The highest BCUT2D eigenvalue weighted by atomic mass is 16.3. The second-order valence-corrected chi connectivity index (χ2v) is 13.5. The van der Waals surface area contributed by atoms with Crippen molar-refractivity contribution in [2.75, 3.05) is 0 Å². The predicted molar refractivity (Wildman–Crippen MR) is 133 cm³/mol. The minimum absolute atomic E-state index is 0.0571. The van der Waals surface area contributed by atoms with Gasteiger partial charge in [0, 0.05) is 0 Å². The number of aliphatic hydroxyl groups excluding tert-OH is 1. The fourth-order valence-corrected chi connectivity index (χ4v) is 9.98. The Balaban J connectivity index is 1.53. The van der Waals surface area contributed by atoms with Crippen LogP contribution in [0, 0.1) is 58.2 Å². The molecule has 0 heterocycles. The molecule has 0 unspecified atom stereocenters. The van der Waals surface area contributed by atoms with E-state index in [4.69, 9.17) is 0 Å². The maximum Gasteiger partial charge on any atom is 0.0543 e. The summed E-state index contributed by atoms with van der Waals surface area (Å²) in [6.45, 7) is 16.8. The molecule has 0 bridgehead atoms. The number of rotatable bonds is 7. The van der Waals surface area contributed by atoms with Crippen molar-refractivity contribution in [2.24, 2.45) is 58.2 Å². The molecule has 1 nitrogen and oxygen atoms in total. The van der Waals surface area contributed by atoms with Crippen LogP contribution in [0.3, 0.4) is 0 Å². The largest absolute Gasteiger partial charge is 0.393 e. The zero-order valence-electron chi connectivity index (χ0n) is 21.4. The molecule has 0 aliphatic heterocycles. The molecule has 0 aromatic heterocycles. The number of hydrogen-bond acceptors (Lipinski definition) is 1. The molecule has 1 heteroatoms. The average Bonchev–Trinajstić information content (AvgIpc) is 3.06. The molecule has 1 N–H and O–H groups in total. The van der Waals surface area contributed by atoms with E-state index in [0.717, 1.165) is 60.7 Å². The van der Waals surface area contributed by atoms with Gasteiger partial charge < -0.3 is 5.11 Å². The standard InChI is InChI=1S/C30H52O/c1-7-9-22-18-24-26-13-12-25(21(4)11-8-10-20(2)3)29(26,5)17-15-27(24)30(6)16-14-23(31)19-28(22)30/h7,20-28,31H,1,8-19H2,2-6H3/t21-,22+,23-,24+,25-,26+,27+,28-,29-,30-/m1/s1. The molecule has 4 saturated carbocycles. The summed E-state index contributed by atoms with van der Waals surface area (Å²) < 4.78 is 0. The van der Waals surface area contributed by atoms with Crippen molar-refractivity contribution in [1.29, 1.82) is 0 Å². The maximum atomic E-state index is 10.5. The lowest BCUT2D eigenvalue weighted by molar-refractivity contribution is -0.151. The van der Waals surface area contributed by atoms with Gasteiger partial charge in [0.2, 0.25) is 0 Å². The molecule has 10 atom stereocenters. The van der Waals surface area contributed by atoms with Gasteiger partial charge in [0.15, 0.2) is 0 Å². The predicted octanol–water partition coefficient (Wildman–Crippen LogP) is 8.27. The number of hydrogen-bond donors (Lipinski definition) is 1. The molecule has 0 spiro atoms. The van der Waals surface area contributed by atoms with Gasteiger partial charge in [0.25, 0.3) is 0 Å². The van der Waals surface area contributed by atoms with Gasteiger partial charge in [-0.05, 0) is 116 Å². The van der Waals surface area contributed by atoms with E-state index in [1.54, 1.807) is 0 Å². The molecule has 4 fully saturated rings. The van der Waals surface area contributed by atoms with Gasteiger partial charge in [-0.15, -0.1) is 6.58 Å². The van der Waals surface area contributed by atoms with Crippen molar-refractivity contribution in [3.05, 3.63) is 12.7 Å². The van der Waals surface area contributed by atoms with Gasteiger partial charge >= 0.3 is 0 Å². The number of fused-ring (bicyclic) bond motifs is 5. The van der Waals surface area contributed by atoms with E-state index < -0.39 is 0 Å². The highest BCUT2D eigenvalue weighted by Gasteiger charge is 2.62. The van der Waals surface area contributed by atoms with Crippen molar-refractivity contribution >= 4 is 0 Å². The first-order valence-electron chi connectivity index (χ1n) is 14.0. The molecule has 4 aliphatic carbocycles. The van der Waals surface area contributed by atoms with Crippen LogP contribution in [0.4, 0.5) is 0 Å². The van der Waals surface area contributed by atoms with E-state index in [9.17, 15) is 5.11 Å². The van der Waals surface area contributed by atoms with Crippen LogP contribution >= 0.6 is 0 Å². The summed E-state index contributed by atoms with van der Waals surface area (Å²) >= 11 is 0. The van der Waals surface area contributed by atoms with Gasteiger partial charge in [0.05, 0.1) is 6.10 Å². The summed E-state index contributed by atoms with van der Waals surface area (Å²) in [6, 6.07) is 0. The molecule has 0 aromatic carbocycles. The minimum atomic E-state index is -0.0571. The molecule has 4 rings (SSSR count). The zero-order valence-corrected chi connectivity index (χ0v) is 21.4. The molecular formula is C30H52O. The quantitative estimate of drug-likeness (QED) is 0.404. The number of allylic oxidation sites excluding steroid dienone is 1. The summed E-state index contributed by atoms with van der Waals surface area (Å²) in [5.41, 5.74) is 1.03. The molecular weight excluding hydrogens is 376 g/mol. The lowest BCUT2D eigenvalue weighted by atomic mass is 9.42. The Morgan fingerprint density at radius 3 is 2.32 bits per heavy atom. The van der Waals surface area contributed by atoms with E-state index in [1.165, 1.54) is 57.8 Å². The monoisotopic (exact) mass is 428 g/mol. The van der Waals surface area contributed by atoms with Crippen molar-refractivity contribution < 1.29 is 5.11 Å². The Morgan fingerprint density at radius 1 is 0.903 bits per heavy atom. The van der Waals surface area contributed by atoms with E-state index in [1.807, 2.05) is 0 Å². The van der Waals surface area contributed by atoms with E-state index in [0.29, 0.717) is 16.7 Å². The van der Waals surface area contributed by atoms with Crippen molar-refractivity contribution in [3.8, 4) is 0 Å². The van der Waals surface area contributed by atoms with Crippen LogP contribution in [-0.4, -0.2) is 11.2 Å². The average molecular weight is 429 g/mol. The fourth-order valence-electron chi connectivity index (χ4n) is 9.98. The van der Waals surface area contributed by atoms with Gasteiger partial charge in [-0.1, -0.05) is 60.0 Å². The van der Waals surface area contributed by atoms with Crippen LogP contribution in [0.5, 0.6) is 0 Å². The van der Waals surface area contributed by atoms with Gasteiger partial charge in [-0.2, -0.15) is 0 Å². The second-order valence-electron chi connectivity index (χ2n) is 13.5. The topological polar surface area (TPSA) is 20.2 Å². The van der Waals surface area contributed by atoms with E-state index in [-0.39, 0.29) is 6.10 Å². The fraction of sp³-hybridized carbons (Fsp3) is 0.933. The lowest BCUT2D eigenvalue weighted by Gasteiger charge is -2.63. The van der Waals surface area contributed by atoms with Crippen LogP contribution in [0.25, 0.3) is 0 Å². The Hall–Kier alpha value is -0.300. The highest BCUT2D eigenvalue weighted by Crippen LogP contribution is 2.69. The SMILES string of the molecule is C=CC[C@H]1C[C@@H]2[C@H](CC[C@]3(C)[C@@H]([C@H](C)CCCC(C)C)CC[C@@H]23)[C@@]2(C)CC[C@@H](O)C[C@H]12. The summed E-state index contributed by atoms with van der Waals surface area (Å²) in [4.78, 5) is 0. The van der Waals surface area contributed by atoms with E-state index >= 15 is 0 Å². The van der Waals surface area contributed by atoms with Crippen LogP contribution in [0.2, 0.25) is 0 Å². The Labute approximate surface area is 193 Å². The van der Waals surface area contributed by atoms with Crippen LogP contribution < -0.4 is 0 Å². The first-order valence-corrected chi connectivity index (χ1v) is 14.0. The lowest BCUT2D eigenvalue weighted by Crippen LogP contribution is -2.56. The van der Waals surface area contributed by atoms with Gasteiger partial charge in [0.1, 0.15) is 0 Å². The summed E-state index contributed by atoms with van der Waals surface area (Å²) in [5, 5.41) is 10.5. The Bertz CT molecular complexity index is 624. The Morgan fingerprint density at radius 2 is 1.61 bits per heavy atom. The molecule has 31 heavy (non-hydrogen) atoms. The molecule has 0 radical (unpaired) electrons. The zero-order chi connectivity index (χ0) is 22.4.